The Balaban J connectivity index is 0.00000341. The highest BCUT2D eigenvalue weighted by atomic mass is 79.9. The number of carbonyl (C=O) groups is 1. The molecule has 0 saturated heterocycles. The third-order valence-electron chi connectivity index (χ3n) is 4.14. The summed E-state index contributed by atoms with van der Waals surface area (Å²) in [5.41, 5.74) is 1.60. The first-order chi connectivity index (χ1) is 14.2. The molecule has 0 saturated carbocycles. The first-order valence-corrected chi connectivity index (χ1v) is 10.2. The highest BCUT2D eigenvalue weighted by molar-refractivity contribution is 7.90. The number of halogens is 1. The second-order valence-corrected chi connectivity index (χ2v) is 8.07. The first kappa shape index (κ1) is 23.9. The fraction of sp³-hybridized carbons (Fsp3) is 0.105. The Morgan fingerprint density at radius 2 is 1.77 bits per heavy atom. The van der Waals surface area contributed by atoms with Crippen LogP contribution in [0.3, 0.4) is 0 Å². The van der Waals surface area contributed by atoms with Crippen LogP contribution < -0.4 is 31.6 Å². The lowest BCUT2D eigenvalue weighted by Gasteiger charge is -2.08. The molecule has 0 aliphatic rings. The number of carbonyl (C=O) groups excluding carboxylic acids is 1. The predicted octanol–water partition coefficient (Wildman–Crippen LogP) is -0.852. The number of amides is 2. The lowest BCUT2D eigenvalue weighted by Crippen LogP contribution is -3.00. The molecule has 3 aromatic rings. The van der Waals surface area contributed by atoms with Gasteiger partial charge in [0, 0.05) is 12.1 Å². The van der Waals surface area contributed by atoms with E-state index in [1.807, 2.05) is 11.6 Å². The maximum absolute atomic E-state index is 12.4. The molecule has 3 rings (SSSR count). The molecule has 12 heteroatoms. The van der Waals surface area contributed by atoms with E-state index >= 15 is 0 Å². The third kappa shape index (κ3) is 6.30. The standard InChI is InChI=1S/C19H17N5O5S.BrH/c1-14-2-8-17(9-3-14)30(28,29)22-19(25)21-18-12-20-10-11-23(18)13-15-4-6-16(7-5-15)24(26)27;/h2-12H,13H2,1H3,(H,22,25);1H. The van der Waals surface area contributed by atoms with Crippen LogP contribution in [0.1, 0.15) is 11.1 Å². The summed E-state index contributed by atoms with van der Waals surface area (Å²) in [7, 11) is -4.04. The molecule has 0 bridgehead atoms. The number of rotatable bonds is 6. The smallest absolute Gasteiger partial charge is 0.420 e. The number of hydrogen-bond donors (Lipinski definition) is 2. The molecule has 31 heavy (non-hydrogen) atoms. The van der Waals surface area contributed by atoms with Gasteiger partial charge in [-0.3, -0.25) is 15.1 Å². The number of non-ortho nitro benzene ring substituents is 1. The molecule has 0 unspecified atom stereocenters. The van der Waals surface area contributed by atoms with Crippen molar-refractivity contribution in [2.45, 2.75) is 18.4 Å². The molecule has 1 heterocycles. The van der Waals surface area contributed by atoms with E-state index < -0.39 is 21.0 Å². The van der Waals surface area contributed by atoms with E-state index in [2.05, 4.69) is 10.3 Å². The third-order valence-corrected chi connectivity index (χ3v) is 5.49. The van der Waals surface area contributed by atoms with Gasteiger partial charge in [0.2, 0.25) is 0 Å². The fourth-order valence-corrected chi connectivity index (χ4v) is 3.50. The molecule has 2 amide bonds. The van der Waals surface area contributed by atoms with Gasteiger partial charge in [-0.1, -0.05) is 17.7 Å². The van der Waals surface area contributed by atoms with Gasteiger partial charge in [-0.25, -0.2) is 22.5 Å². The van der Waals surface area contributed by atoms with Crippen molar-refractivity contribution in [2.75, 3.05) is 5.32 Å². The molecule has 162 valence electrons. The van der Waals surface area contributed by atoms with Crippen LogP contribution in [0.5, 0.6) is 0 Å². The van der Waals surface area contributed by atoms with Crippen LogP contribution >= 0.6 is 0 Å². The van der Waals surface area contributed by atoms with Crippen molar-refractivity contribution in [3.05, 3.63) is 88.4 Å². The van der Waals surface area contributed by atoms with Crippen molar-refractivity contribution >= 4 is 27.6 Å². The zero-order chi connectivity index (χ0) is 21.7. The number of sulfonamides is 1. The van der Waals surface area contributed by atoms with Gasteiger partial charge >= 0.3 is 11.8 Å². The number of benzene rings is 2. The van der Waals surface area contributed by atoms with Gasteiger partial charge < -0.3 is 17.0 Å². The summed E-state index contributed by atoms with van der Waals surface area (Å²) in [6.07, 6.45) is 4.45. The van der Waals surface area contributed by atoms with Gasteiger partial charge in [0.05, 0.1) is 16.0 Å². The molecule has 1 aromatic heterocycles. The van der Waals surface area contributed by atoms with E-state index in [9.17, 15) is 23.3 Å². The number of aryl methyl sites for hydroxylation is 1. The number of hydrogen-bond acceptors (Lipinski definition) is 6. The van der Waals surface area contributed by atoms with E-state index in [1.54, 1.807) is 35.0 Å². The number of nitro groups is 1. The lowest BCUT2D eigenvalue weighted by atomic mass is 10.2. The summed E-state index contributed by atoms with van der Waals surface area (Å²) in [5, 5.41) is 13.2. The number of nitrogens with one attached hydrogen (secondary N) is 2. The fourth-order valence-electron chi connectivity index (χ4n) is 2.59. The summed E-state index contributed by atoms with van der Waals surface area (Å²) in [5.74, 6) is 0.243. The van der Waals surface area contributed by atoms with Crippen LogP contribution in [0, 0.1) is 17.0 Å². The molecular formula is C19H18BrN5O5S. The Kier molecular flexibility index (Phi) is 7.78. The minimum absolute atomic E-state index is 0. The number of urea groups is 1. The van der Waals surface area contributed by atoms with Crippen LogP contribution in [0.2, 0.25) is 0 Å². The largest absolute Gasteiger partial charge is 1.00 e. The second kappa shape index (κ2) is 10.1. The SMILES string of the molecule is Cc1ccc(S(=O)(=O)NC(=O)Nc2cncc[n+]2Cc2ccc([N+](=O)[O-])cc2)cc1.[Br-]. The minimum Gasteiger partial charge on any atom is -1.00 e. The van der Waals surface area contributed by atoms with Gasteiger partial charge in [-0.05, 0) is 36.8 Å². The first-order valence-electron chi connectivity index (χ1n) is 8.72. The zero-order valence-electron chi connectivity index (χ0n) is 16.2. The summed E-state index contributed by atoms with van der Waals surface area (Å²) >= 11 is 0. The Labute approximate surface area is 188 Å². The highest BCUT2D eigenvalue weighted by Crippen LogP contribution is 2.13. The Morgan fingerprint density at radius 1 is 1.13 bits per heavy atom. The van der Waals surface area contributed by atoms with Gasteiger partial charge in [0.15, 0.2) is 0 Å². The number of aromatic nitrogens is 2. The monoisotopic (exact) mass is 507 g/mol. The van der Waals surface area contributed by atoms with Crippen molar-refractivity contribution in [2.24, 2.45) is 0 Å². The van der Waals surface area contributed by atoms with Gasteiger partial charge in [-0.2, -0.15) is 5.32 Å². The van der Waals surface area contributed by atoms with Crippen LogP contribution in [-0.4, -0.2) is 24.4 Å². The van der Waals surface area contributed by atoms with Crippen molar-refractivity contribution in [3.8, 4) is 0 Å². The van der Waals surface area contributed by atoms with Crippen molar-refractivity contribution in [3.63, 3.8) is 0 Å². The van der Waals surface area contributed by atoms with E-state index in [4.69, 9.17) is 0 Å². The number of nitro benzene ring substituents is 1. The molecule has 0 fully saturated rings. The molecule has 2 N–H and O–H groups in total. The molecule has 0 aliphatic carbocycles. The van der Waals surface area contributed by atoms with Gasteiger partial charge in [-0.15, -0.1) is 0 Å². The average Bonchev–Trinajstić information content (AvgIpc) is 2.70. The molecule has 2 aromatic carbocycles. The van der Waals surface area contributed by atoms with Crippen LogP contribution in [0.4, 0.5) is 16.3 Å². The normalized spacial score (nSPS) is 10.6. The predicted molar refractivity (Wildman–Crippen MR) is 107 cm³/mol. The zero-order valence-corrected chi connectivity index (χ0v) is 18.6. The van der Waals surface area contributed by atoms with E-state index in [-0.39, 0.29) is 39.9 Å². The highest BCUT2D eigenvalue weighted by Gasteiger charge is 2.22. The Bertz CT molecular complexity index is 1190. The average molecular weight is 508 g/mol. The molecule has 0 spiro atoms. The van der Waals surface area contributed by atoms with Gasteiger partial charge in [0.25, 0.3) is 15.7 Å². The molecular weight excluding hydrogens is 490 g/mol. The van der Waals surface area contributed by atoms with E-state index in [1.165, 1.54) is 36.7 Å². The maximum Gasteiger partial charge on any atom is 0.420 e. The van der Waals surface area contributed by atoms with E-state index in [0.717, 1.165) is 11.1 Å². The van der Waals surface area contributed by atoms with Crippen LogP contribution in [0.25, 0.3) is 0 Å². The van der Waals surface area contributed by atoms with E-state index in [0.29, 0.717) is 0 Å². The Hall–Kier alpha value is -3.38. The summed E-state index contributed by atoms with van der Waals surface area (Å²) in [6, 6.07) is 11.1. The molecule has 10 nitrogen and oxygen atoms in total. The number of nitrogens with zero attached hydrogens (tertiary/aromatic N) is 3. The lowest BCUT2D eigenvalue weighted by molar-refractivity contribution is -0.674. The van der Waals surface area contributed by atoms with Crippen molar-refractivity contribution in [1.29, 1.82) is 0 Å². The maximum atomic E-state index is 12.4. The Morgan fingerprint density at radius 3 is 2.39 bits per heavy atom. The van der Waals surface area contributed by atoms with Gasteiger partial charge in [0.1, 0.15) is 18.9 Å². The summed E-state index contributed by atoms with van der Waals surface area (Å²) < 4.78 is 28.3. The van der Waals surface area contributed by atoms with Crippen LogP contribution in [0.15, 0.2) is 72.0 Å². The quantitative estimate of drug-likeness (QED) is 0.253. The number of anilines is 1. The second-order valence-electron chi connectivity index (χ2n) is 6.39. The van der Waals surface area contributed by atoms with Crippen molar-refractivity contribution in [1.82, 2.24) is 9.71 Å². The molecule has 0 radical (unpaired) electrons. The van der Waals surface area contributed by atoms with Crippen LogP contribution in [-0.2, 0) is 16.6 Å². The summed E-state index contributed by atoms with van der Waals surface area (Å²) in [6.45, 7) is 2.10. The minimum atomic E-state index is -4.04. The summed E-state index contributed by atoms with van der Waals surface area (Å²) in [4.78, 5) is 26.5. The topological polar surface area (TPSA) is 135 Å². The van der Waals surface area contributed by atoms with Crippen molar-refractivity contribution < 1.29 is 39.7 Å². The molecule has 0 atom stereocenters. The molecule has 0 aliphatic heterocycles.